The lowest BCUT2D eigenvalue weighted by Crippen LogP contribution is -2.42. The van der Waals surface area contributed by atoms with E-state index >= 15 is 0 Å². The highest BCUT2D eigenvalue weighted by atomic mass is 16.5. The summed E-state index contributed by atoms with van der Waals surface area (Å²) in [6.45, 7) is 0.523. The first-order chi connectivity index (χ1) is 15.0. The van der Waals surface area contributed by atoms with Crippen LogP contribution in [0.4, 0.5) is 4.79 Å². The van der Waals surface area contributed by atoms with Crippen molar-refractivity contribution in [1.29, 1.82) is 0 Å². The van der Waals surface area contributed by atoms with Crippen LogP contribution in [0.1, 0.15) is 42.7 Å². The van der Waals surface area contributed by atoms with Crippen molar-refractivity contribution < 1.29 is 24.2 Å². The first-order valence-electron chi connectivity index (χ1n) is 10.7. The standard InChI is InChI=1S/C24H26N2O5/c27-22(15-11-12-15)25-13-5-10-21(23(28)29)26-24(30)31-14-20-18-8-3-1-6-16(18)17-7-2-4-9-19(17)20/h1-4,6-9,15,20-21H,5,10-14H2,(H,25,27)(H,26,30)(H,28,29)/t21-/m0/s1. The van der Waals surface area contributed by atoms with E-state index in [0.29, 0.717) is 13.0 Å². The van der Waals surface area contributed by atoms with Gasteiger partial charge in [0.2, 0.25) is 5.91 Å². The molecule has 0 aliphatic heterocycles. The average Bonchev–Trinajstić information content (AvgIpc) is 3.57. The number of amides is 2. The van der Waals surface area contributed by atoms with Gasteiger partial charge in [0.1, 0.15) is 12.6 Å². The molecule has 1 saturated carbocycles. The molecule has 2 amide bonds. The zero-order chi connectivity index (χ0) is 21.8. The van der Waals surface area contributed by atoms with Crippen molar-refractivity contribution in [2.75, 3.05) is 13.2 Å². The zero-order valence-electron chi connectivity index (χ0n) is 17.2. The van der Waals surface area contributed by atoms with E-state index in [-0.39, 0.29) is 30.8 Å². The van der Waals surface area contributed by atoms with Crippen LogP contribution in [0, 0.1) is 5.92 Å². The summed E-state index contributed by atoms with van der Waals surface area (Å²) < 4.78 is 5.42. The molecule has 31 heavy (non-hydrogen) atoms. The number of fused-ring (bicyclic) bond motifs is 3. The van der Waals surface area contributed by atoms with Crippen LogP contribution < -0.4 is 10.6 Å². The summed E-state index contributed by atoms with van der Waals surface area (Å²) in [5, 5.41) is 14.6. The molecule has 2 aliphatic rings. The SMILES string of the molecule is O=C(N[C@@H](CCCNC(=O)C1CC1)C(=O)O)OCC1c2ccccc2-c2ccccc21. The van der Waals surface area contributed by atoms with Gasteiger partial charge in [-0.05, 0) is 47.9 Å². The molecule has 7 heteroatoms. The smallest absolute Gasteiger partial charge is 0.407 e. The minimum atomic E-state index is -1.12. The number of aliphatic carboxylic acids is 1. The van der Waals surface area contributed by atoms with E-state index in [1.165, 1.54) is 0 Å². The van der Waals surface area contributed by atoms with Gasteiger partial charge in [-0.1, -0.05) is 48.5 Å². The van der Waals surface area contributed by atoms with E-state index in [2.05, 4.69) is 22.8 Å². The summed E-state index contributed by atoms with van der Waals surface area (Å²) in [7, 11) is 0. The van der Waals surface area contributed by atoms with Crippen molar-refractivity contribution in [1.82, 2.24) is 10.6 Å². The largest absolute Gasteiger partial charge is 0.480 e. The molecule has 0 aromatic heterocycles. The summed E-state index contributed by atoms with van der Waals surface area (Å²) in [6.07, 6.45) is 1.76. The third-order valence-corrected chi connectivity index (χ3v) is 5.85. The van der Waals surface area contributed by atoms with Gasteiger partial charge in [-0.25, -0.2) is 9.59 Å². The predicted molar refractivity (Wildman–Crippen MR) is 115 cm³/mol. The van der Waals surface area contributed by atoms with Gasteiger partial charge >= 0.3 is 12.1 Å². The highest BCUT2D eigenvalue weighted by molar-refractivity contribution is 5.81. The van der Waals surface area contributed by atoms with Crippen LogP contribution in [-0.2, 0) is 14.3 Å². The van der Waals surface area contributed by atoms with Gasteiger partial charge in [0.15, 0.2) is 0 Å². The molecular formula is C24H26N2O5. The highest BCUT2D eigenvalue weighted by Crippen LogP contribution is 2.44. The lowest BCUT2D eigenvalue weighted by molar-refractivity contribution is -0.139. The van der Waals surface area contributed by atoms with Gasteiger partial charge < -0.3 is 20.5 Å². The molecule has 7 nitrogen and oxygen atoms in total. The Balaban J connectivity index is 1.29. The fraction of sp³-hybridized carbons (Fsp3) is 0.375. The predicted octanol–water partition coefficient (Wildman–Crippen LogP) is 3.28. The number of carboxylic acids is 1. The Kier molecular flexibility index (Phi) is 6.21. The van der Waals surface area contributed by atoms with Gasteiger partial charge in [-0.2, -0.15) is 0 Å². The van der Waals surface area contributed by atoms with Gasteiger partial charge in [-0.3, -0.25) is 4.79 Å². The Hall–Kier alpha value is -3.35. The van der Waals surface area contributed by atoms with Gasteiger partial charge in [0, 0.05) is 18.4 Å². The number of carbonyl (C=O) groups excluding carboxylic acids is 2. The molecule has 162 valence electrons. The van der Waals surface area contributed by atoms with E-state index in [4.69, 9.17) is 4.74 Å². The van der Waals surface area contributed by atoms with E-state index < -0.39 is 18.1 Å². The third kappa shape index (κ3) is 4.87. The van der Waals surface area contributed by atoms with Crippen molar-refractivity contribution in [3.63, 3.8) is 0 Å². The number of ether oxygens (including phenoxy) is 1. The number of carbonyl (C=O) groups is 3. The Labute approximate surface area is 180 Å². The van der Waals surface area contributed by atoms with Crippen molar-refractivity contribution in [2.45, 2.75) is 37.6 Å². The quantitative estimate of drug-likeness (QED) is 0.538. The number of hydrogen-bond acceptors (Lipinski definition) is 4. The average molecular weight is 422 g/mol. The third-order valence-electron chi connectivity index (χ3n) is 5.85. The maximum atomic E-state index is 12.3. The van der Waals surface area contributed by atoms with E-state index in [1.807, 2.05) is 36.4 Å². The van der Waals surface area contributed by atoms with Crippen molar-refractivity contribution in [3.8, 4) is 11.1 Å². The number of carboxylic acid groups (broad SMARTS) is 1. The van der Waals surface area contributed by atoms with Gasteiger partial charge in [-0.15, -0.1) is 0 Å². The van der Waals surface area contributed by atoms with Crippen LogP contribution in [0.15, 0.2) is 48.5 Å². The number of rotatable bonds is 9. The van der Waals surface area contributed by atoms with Gasteiger partial charge in [0.05, 0.1) is 0 Å². The molecule has 2 aromatic rings. The van der Waals surface area contributed by atoms with Crippen LogP contribution in [0.5, 0.6) is 0 Å². The topological polar surface area (TPSA) is 105 Å². The molecule has 1 atom stereocenters. The summed E-state index contributed by atoms with van der Waals surface area (Å²) in [4.78, 5) is 35.5. The number of hydrogen-bond donors (Lipinski definition) is 3. The molecule has 0 spiro atoms. The van der Waals surface area contributed by atoms with Crippen LogP contribution in [0.3, 0.4) is 0 Å². The Bertz CT molecular complexity index is 940. The number of nitrogens with one attached hydrogen (secondary N) is 2. The van der Waals surface area contributed by atoms with E-state index in [1.54, 1.807) is 0 Å². The van der Waals surface area contributed by atoms with Crippen molar-refractivity contribution in [2.24, 2.45) is 5.92 Å². The minimum absolute atomic E-state index is 0.0244. The second-order valence-corrected chi connectivity index (χ2v) is 8.07. The first-order valence-corrected chi connectivity index (χ1v) is 10.7. The molecule has 2 aliphatic carbocycles. The van der Waals surface area contributed by atoms with E-state index in [0.717, 1.165) is 35.1 Å². The molecule has 0 saturated heterocycles. The summed E-state index contributed by atoms with van der Waals surface area (Å²) in [6, 6.07) is 15.0. The zero-order valence-corrected chi connectivity index (χ0v) is 17.2. The van der Waals surface area contributed by atoms with Crippen molar-refractivity contribution in [3.05, 3.63) is 59.7 Å². The maximum absolute atomic E-state index is 12.3. The Morgan fingerprint density at radius 1 is 1.00 bits per heavy atom. The lowest BCUT2D eigenvalue weighted by Gasteiger charge is -2.17. The molecule has 0 unspecified atom stereocenters. The molecule has 1 fully saturated rings. The highest BCUT2D eigenvalue weighted by Gasteiger charge is 2.30. The van der Waals surface area contributed by atoms with Crippen LogP contribution >= 0.6 is 0 Å². The number of alkyl carbamates (subject to hydrolysis) is 1. The number of benzene rings is 2. The minimum Gasteiger partial charge on any atom is -0.480 e. The van der Waals surface area contributed by atoms with Gasteiger partial charge in [0.25, 0.3) is 0 Å². The summed E-state index contributed by atoms with van der Waals surface area (Å²) >= 11 is 0. The van der Waals surface area contributed by atoms with Crippen LogP contribution in [0.2, 0.25) is 0 Å². The fourth-order valence-corrected chi connectivity index (χ4v) is 4.05. The fourth-order valence-electron chi connectivity index (χ4n) is 4.05. The second kappa shape index (κ2) is 9.20. The molecule has 0 radical (unpaired) electrons. The summed E-state index contributed by atoms with van der Waals surface area (Å²) in [5.74, 6) is -1.06. The van der Waals surface area contributed by atoms with E-state index in [9.17, 15) is 19.5 Å². The maximum Gasteiger partial charge on any atom is 0.407 e. The first kappa shape index (κ1) is 20.9. The molecular weight excluding hydrogens is 396 g/mol. The molecule has 0 heterocycles. The normalized spacial score (nSPS) is 15.5. The molecule has 0 bridgehead atoms. The molecule has 3 N–H and O–H groups in total. The summed E-state index contributed by atoms with van der Waals surface area (Å²) in [5.41, 5.74) is 4.45. The molecule has 4 rings (SSSR count). The van der Waals surface area contributed by atoms with Crippen LogP contribution in [-0.4, -0.2) is 42.3 Å². The van der Waals surface area contributed by atoms with Crippen molar-refractivity contribution >= 4 is 18.0 Å². The Morgan fingerprint density at radius 2 is 1.61 bits per heavy atom. The molecule has 2 aromatic carbocycles. The Morgan fingerprint density at radius 3 is 2.19 bits per heavy atom. The van der Waals surface area contributed by atoms with Crippen LogP contribution in [0.25, 0.3) is 11.1 Å². The lowest BCUT2D eigenvalue weighted by atomic mass is 9.98. The monoisotopic (exact) mass is 422 g/mol. The second-order valence-electron chi connectivity index (χ2n) is 8.07.